The van der Waals surface area contributed by atoms with Crippen molar-refractivity contribution in [1.29, 1.82) is 0 Å². The molecule has 0 spiro atoms. The first-order valence-electron chi connectivity index (χ1n) is 4.52. The van der Waals surface area contributed by atoms with Crippen molar-refractivity contribution in [2.45, 2.75) is 6.92 Å². The van der Waals surface area contributed by atoms with E-state index >= 15 is 0 Å². The van der Waals surface area contributed by atoms with E-state index in [0.29, 0.717) is 0 Å². The van der Waals surface area contributed by atoms with Gasteiger partial charge in [-0.25, -0.2) is 0 Å². The minimum absolute atomic E-state index is 1.20. The van der Waals surface area contributed by atoms with Crippen molar-refractivity contribution in [1.82, 2.24) is 9.97 Å². The van der Waals surface area contributed by atoms with Gasteiger partial charge in [0.1, 0.15) is 0 Å². The SMILES string of the molecule is C[C](c1ccncc1)c1ccncc1. The standard InChI is InChI=1S/C12H11N2/c1-10(11-2-6-13-7-3-11)12-4-8-14-9-5-12/h2-9H,1H3. The van der Waals surface area contributed by atoms with Crippen LogP contribution in [0.1, 0.15) is 18.1 Å². The Morgan fingerprint density at radius 2 is 1.14 bits per heavy atom. The van der Waals surface area contributed by atoms with Gasteiger partial charge in [0, 0.05) is 30.7 Å². The smallest absolute Gasteiger partial charge is 0.0311 e. The average Bonchev–Trinajstić information content (AvgIpc) is 2.30. The number of hydrogen-bond donors (Lipinski definition) is 0. The summed E-state index contributed by atoms with van der Waals surface area (Å²) in [5.74, 6) is 1.25. The van der Waals surface area contributed by atoms with Crippen molar-refractivity contribution < 1.29 is 0 Å². The summed E-state index contributed by atoms with van der Waals surface area (Å²) in [5.41, 5.74) is 2.40. The van der Waals surface area contributed by atoms with E-state index in [9.17, 15) is 0 Å². The van der Waals surface area contributed by atoms with Gasteiger partial charge in [-0.05, 0) is 35.4 Å². The Bertz CT molecular complexity index is 344. The van der Waals surface area contributed by atoms with E-state index in [1.807, 2.05) is 24.3 Å². The van der Waals surface area contributed by atoms with Crippen LogP contribution < -0.4 is 0 Å². The van der Waals surface area contributed by atoms with Crippen molar-refractivity contribution in [3.05, 3.63) is 66.1 Å². The van der Waals surface area contributed by atoms with E-state index in [0.717, 1.165) is 0 Å². The van der Waals surface area contributed by atoms with Gasteiger partial charge in [-0.15, -0.1) is 0 Å². The molecule has 2 heterocycles. The molecule has 2 aromatic heterocycles. The lowest BCUT2D eigenvalue weighted by Crippen LogP contribution is -1.96. The fourth-order valence-electron chi connectivity index (χ4n) is 1.37. The number of nitrogens with zero attached hydrogens (tertiary/aromatic N) is 2. The summed E-state index contributed by atoms with van der Waals surface area (Å²) in [6.45, 7) is 2.10. The summed E-state index contributed by atoms with van der Waals surface area (Å²) in [6, 6.07) is 8.04. The Morgan fingerprint density at radius 3 is 1.50 bits per heavy atom. The summed E-state index contributed by atoms with van der Waals surface area (Å²) in [5, 5.41) is 0. The van der Waals surface area contributed by atoms with Crippen molar-refractivity contribution >= 4 is 0 Å². The number of hydrogen-bond acceptors (Lipinski definition) is 2. The first-order valence-corrected chi connectivity index (χ1v) is 4.52. The van der Waals surface area contributed by atoms with Crippen LogP contribution in [0, 0.1) is 5.92 Å². The average molecular weight is 183 g/mol. The van der Waals surface area contributed by atoms with Crippen LogP contribution in [0.25, 0.3) is 0 Å². The Morgan fingerprint density at radius 1 is 0.786 bits per heavy atom. The minimum Gasteiger partial charge on any atom is -0.265 e. The number of pyridine rings is 2. The Kier molecular flexibility index (Phi) is 2.54. The third-order valence-electron chi connectivity index (χ3n) is 2.23. The zero-order valence-electron chi connectivity index (χ0n) is 8.01. The third-order valence-corrected chi connectivity index (χ3v) is 2.23. The molecule has 0 amide bonds. The first-order chi connectivity index (χ1) is 6.88. The van der Waals surface area contributed by atoms with E-state index in [1.165, 1.54) is 17.0 Å². The van der Waals surface area contributed by atoms with Gasteiger partial charge in [-0.3, -0.25) is 9.97 Å². The van der Waals surface area contributed by atoms with E-state index in [-0.39, 0.29) is 0 Å². The molecular formula is C12H11N2. The molecule has 69 valence electrons. The molecule has 2 aromatic rings. The van der Waals surface area contributed by atoms with Gasteiger partial charge in [0.2, 0.25) is 0 Å². The van der Waals surface area contributed by atoms with Crippen LogP contribution in [-0.2, 0) is 0 Å². The molecule has 2 heteroatoms. The van der Waals surface area contributed by atoms with Crippen LogP contribution in [0.5, 0.6) is 0 Å². The maximum absolute atomic E-state index is 4.00. The molecule has 0 atom stereocenters. The number of rotatable bonds is 2. The third kappa shape index (κ3) is 1.79. The van der Waals surface area contributed by atoms with Gasteiger partial charge in [0.15, 0.2) is 0 Å². The number of aromatic nitrogens is 2. The largest absolute Gasteiger partial charge is 0.265 e. The molecule has 1 radical (unpaired) electrons. The van der Waals surface area contributed by atoms with Crippen LogP contribution >= 0.6 is 0 Å². The van der Waals surface area contributed by atoms with Gasteiger partial charge in [0.25, 0.3) is 0 Å². The van der Waals surface area contributed by atoms with Crippen molar-refractivity contribution in [3.8, 4) is 0 Å². The summed E-state index contributed by atoms with van der Waals surface area (Å²) in [4.78, 5) is 7.99. The molecule has 0 N–H and O–H groups in total. The normalized spacial score (nSPS) is 10.4. The molecule has 0 aliphatic rings. The van der Waals surface area contributed by atoms with Crippen molar-refractivity contribution in [2.75, 3.05) is 0 Å². The highest BCUT2D eigenvalue weighted by Gasteiger charge is 2.07. The van der Waals surface area contributed by atoms with E-state index in [4.69, 9.17) is 0 Å². The highest BCUT2D eigenvalue weighted by atomic mass is 14.6. The quantitative estimate of drug-likeness (QED) is 0.714. The van der Waals surface area contributed by atoms with Crippen LogP contribution in [0.2, 0.25) is 0 Å². The first kappa shape index (κ1) is 8.88. The molecule has 0 saturated heterocycles. The fourth-order valence-corrected chi connectivity index (χ4v) is 1.37. The van der Waals surface area contributed by atoms with Gasteiger partial charge in [-0.2, -0.15) is 0 Å². The second-order valence-corrected chi connectivity index (χ2v) is 3.10. The summed E-state index contributed by atoms with van der Waals surface area (Å²) < 4.78 is 0. The van der Waals surface area contributed by atoms with Crippen LogP contribution in [-0.4, -0.2) is 9.97 Å². The molecule has 14 heavy (non-hydrogen) atoms. The highest BCUT2D eigenvalue weighted by molar-refractivity contribution is 5.42. The molecule has 2 nitrogen and oxygen atoms in total. The maximum Gasteiger partial charge on any atom is 0.0311 e. The summed E-state index contributed by atoms with van der Waals surface area (Å²) >= 11 is 0. The molecule has 0 unspecified atom stereocenters. The second-order valence-electron chi connectivity index (χ2n) is 3.10. The molecule has 0 aromatic carbocycles. The molecule has 2 rings (SSSR count). The van der Waals surface area contributed by atoms with Gasteiger partial charge in [0.05, 0.1) is 0 Å². The predicted molar refractivity (Wildman–Crippen MR) is 55.6 cm³/mol. The minimum atomic E-state index is 1.20. The van der Waals surface area contributed by atoms with Crippen LogP contribution in [0.4, 0.5) is 0 Å². The predicted octanol–water partition coefficient (Wildman–Crippen LogP) is 2.47. The Hall–Kier alpha value is -1.70. The topological polar surface area (TPSA) is 25.8 Å². The lowest BCUT2D eigenvalue weighted by atomic mass is 9.95. The van der Waals surface area contributed by atoms with Gasteiger partial charge >= 0.3 is 0 Å². The molecule has 0 fully saturated rings. The van der Waals surface area contributed by atoms with Gasteiger partial charge < -0.3 is 0 Å². The molecule has 0 aliphatic carbocycles. The van der Waals surface area contributed by atoms with Crippen molar-refractivity contribution in [3.63, 3.8) is 0 Å². The van der Waals surface area contributed by atoms with Crippen LogP contribution in [0.15, 0.2) is 49.1 Å². The van der Waals surface area contributed by atoms with E-state index in [2.05, 4.69) is 16.9 Å². The Balaban J connectivity index is 2.30. The molecule has 0 aliphatic heterocycles. The van der Waals surface area contributed by atoms with Crippen LogP contribution in [0.3, 0.4) is 0 Å². The lowest BCUT2D eigenvalue weighted by molar-refractivity contribution is 1.15. The van der Waals surface area contributed by atoms with E-state index in [1.54, 1.807) is 24.8 Å². The maximum atomic E-state index is 4.00. The Labute approximate surface area is 83.7 Å². The fraction of sp³-hybridized carbons (Fsp3) is 0.0833. The molecule has 0 bridgehead atoms. The molecular weight excluding hydrogens is 172 g/mol. The second kappa shape index (κ2) is 4.01. The van der Waals surface area contributed by atoms with Crippen molar-refractivity contribution in [2.24, 2.45) is 0 Å². The lowest BCUT2D eigenvalue weighted by Gasteiger charge is -2.10. The molecule has 0 saturated carbocycles. The highest BCUT2D eigenvalue weighted by Crippen LogP contribution is 2.20. The summed E-state index contributed by atoms with van der Waals surface area (Å²) in [6.07, 6.45) is 7.22. The van der Waals surface area contributed by atoms with E-state index < -0.39 is 0 Å². The monoisotopic (exact) mass is 183 g/mol. The summed E-state index contributed by atoms with van der Waals surface area (Å²) in [7, 11) is 0. The van der Waals surface area contributed by atoms with Gasteiger partial charge in [-0.1, -0.05) is 6.92 Å². The zero-order valence-corrected chi connectivity index (χ0v) is 8.01. The zero-order chi connectivity index (χ0) is 9.80.